The quantitative estimate of drug-likeness (QED) is 0.878. The molecule has 0 heterocycles. The molecule has 0 aromatic heterocycles. The van der Waals surface area contributed by atoms with Crippen molar-refractivity contribution in [3.63, 3.8) is 0 Å². The van der Waals surface area contributed by atoms with Crippen LogP contribution in [0.15, 0.2) is 28.7 Å². The zero-order chi connectivity index (χ0) is 10.0. The second kappa shape index (κ2) is 4.03. The van der Waals surface area contributed by atoms with Crippen LogP contribution in [0.25, 0.3) is 0 Å². The molecule has 2 heteroatoms. The van der Waals surface area contributed by atoms with Gasteiger partial charge in [0.15, 0.2) is 0 Å². The highest BCUT2D eigenvalue weighted by atomic mass is 79.9. The lowest BCUT2D eigenvalue weighted by atomic mass is 9.76. The van der Waals surface area contributed by atoms with E-state index >= 15 is 0 Å². The van der Waals surface area contributed by atoms with Crippen molar-refractivity contribution in [3.05, 3.63) is 34.3 Å². The maximum atomic E-state index is 9.93. The van der Waals surface area contributed by atoms with E-state index in [0.717, 1.165) is 30.2 Å². The Hall–Kier alpha value is -0.340. The van der Waals surface area contributed by atoms with Crippen molar-refractivity contribution in [1.82, 2.24) is 0 Å². The van der Waals surface area contributed by atoms with E-state index in [4.69, 9.17) is 0 Å². The summed E-state index contributed by atoms with van der Waals surface area (Å²) in [4.78, 5) is 0. The summed E-state index contributed by atoms with van der Waals surface area (Å²) in [6, 6.07) is 8.32. The minimum Gasteiger partial charge on any atom is -0.390 e. The van der Waals surface area contributed by atoms with Gasteiger partial charge in [-0.05, 0) is 49.8 Å². The molecule has 0 bridgehead atoms. The van der Waals surface area contributed by atoms with Crippen LogP contribution in [0.2, 0.25) is 0 Å². The summed E-state index contributed by atoms with van der Waals surface area (Å²) in [5.74, 6) is 0. The lowest BCUT2D eigenvalue weighted by molar-refractivity contribution is -0.0397. The molecule has 1 aromatic carbocycles. The zero-order valence-electron chi connectivity index (χ0n) is 8.17. The molecule has 0 aliphatic heterocycles. The number of rotatable bonds is 3. The summed E-state index contributed by atoms with van der Waals surface area (Å²) in [5.41, 5.74) is 0.960. The smallest absolute Gasteiger partial charge is 0.0651 e. The lowest BCUT2D eigenvalue weighted by Gasteiger charge is -2.36. The third kappa shape index (κ3) is 2.37. The van der Waals surface area contributed by atoms with E-state index in [9.17, 15) is 5.11 Å². The molecule has 1 saturated carbocycles. The molecule has 1 nitrogen and oxygen atoms in total. The fraction of sp³-hybridized carbons (Fsp3) is 0.500. The minimum absolute atomic E-state index is 0.345. The number of aliphatic hydroxyl groups is 1. The minimum atomic E-state index is -0.345. The average Bonchev–Trinajstić information content (AvgIpc) is 2.12. The molecule has 1 aliphatic rings. The predicted molar refractivity (Wildman–Crippen MR) is 61.3 cm³/mol. The SMILES string of the molecule is OC1(CCc2cccc(Br)c2)CCC1. The van der Waals surface area contributed by atoms with Gasteiger partial charge >= 0.3 is 0 Å². The standard InChI is InChI=1S/C12H15BrO/c13-11-4-1-3-10(9-11)5-8-12(14)6-2-7-12/h1,3-4,9,14H,2,5-8H2. The maximum Gasteiger partial charge on any atom is 0.0651 e. The van der Waals surface area contributed by atoms with Crippen LogP contribution < -0.4 is 0 Å². The lowest BCUT2D eigenvalue weighted by Crippen LogP contribution is -2.36. The summed E-state index contributed by atoms with van der Waals surface area (Å²) in [5, 5.41) is 9.93. The second-order valence-electron chi connectivity index (χ2n) is 4.21. The Morgan fingerprint density at radius 1 is 1.36 bits per heavy atom. The number of aryl methyl sites for hydroxylation is 1. The van der Waals surface area contributed by atoms with Gasteiger partial charge in [-0.1, -0.05) is 28.1 Å². The molecule has 1 fully saturated rings. The molecule has 0 spiro atoms. The third-order valence-electron chi connectivity index (χ3n) is 3.05. The third-order valence-corrected chi connectivity index (χ3v) is 3.55. The molecule has 1 aromatic rings. The molecule has 0 amide bonds. The van der Waals surface area contributed by atoms with Crippen molar-refractivity contribution < 1.29 is 5.11 Å². The number of benzene rings is 1. The highest BCUT2D eigenvalue weighted by Gasteiger charge is 2.33. The van der Waals surface area contributed by atoms with E-state index in [1.807, 2.05) is 12.1 Å². The Morgan fingerprint density at radius 2 is 2.14 bits per heavy atom. The van der Waals surface area contributed by atoms with Crippen LogP contribution in [0, 0.1) is 0 Å². The van der Waals surface area contributed by atoms with Crippen LogP contribution in [-0.4, -0.2) is 10.7 Å². The van der Waals surface area contributed by atoms with E-state index in [1.54, 1.807) is 0 Å². The van der Waals surface area contributed by atoms with Crippen molar-refractivity contribution in [1.29, 1.82) is 0 Å². The summed E-state index contributed by atoms with van der Waals surface area (Å²) >= 11 is 3.45. The number of hydrogen-bond acceptors (Lipinski definition) is 1. The van der Waals surface area contributed by atoms with Crippen LogP contribution in [0.4, 0.5) is 0 Å². The predicted octanol–water partition coefficient (Wildman–Crippen LogP) is 3.30. The Bertz CT molecular complexity index is 318. The van der Waals surface area contributed by atoms with Crippen molar-refractivity contribution in [3.8, 4) is 0 Å². The topological polar surface area (TPSA) is 20.2 Å². The van der Waals surface area contributed by atoms with Gasteiger partial charge in [-0.2, -0.15) is 0 Å². The van der Waals surface area contributed by atoms with Gasteiger partial charge in [0, 0.05) is 4.47 Å². The van der Waals surface area contributed by atoms with Crippen molar-refractivity contribution in [2.75, 3.05) is 0 Å². The van der Waals surface area contributed by atoms with Gasteiger partial charge in [0.1, 0.15) is 0 Å². The van der Waals surface area contributed by atoms with Gasteiger partial charge in [-0.3, -0.25) is 0 Å². The Morgan fingerprint density at radius 3 is 2.71 bits per heavy atom. The fourth-order valence-corrected chi connectivity index (χ4v) is 2.35. The summed E-state index contributed by atoms with van der Waals surface area (Å²) in [7, 11) is 0. The van der Waals surface area contributed by atoms with Crippen LogP contribution in [0.3, 0.4) is 0 Å². The van der Waals surface area contributed by atoms with Gasteiger partial charge in [-0.25, -0.2) is 0 Å². The zero-order valence-corrected chi connectivity index (χ0v) is 9.76. The van der Waals surface area contributed by atoms with E-state index in [-0.39, 0.29) is 5.60 Å². The van der Waals surface area contributed by atoms with Crippen LogP contribution in [-0.2, 0) is 6.42 Å². The summed E-state index contributed by atoms with van der Waals surface area (Å²) in [6.07, 6.45) is 5.05. The van der Waals surface area contributed by atoms with Gasteiger partial charge in [-0.15, -0.1) is 0 Å². The van der Waals surface area contributed by atoms with Gasteiger partial charge in [0.2, 0.25) is 0 Å². The summed E-state index contributed by atoms with van der Waals surface area (Å²) in [6.45, 7) is 0. The Kier molecular flexibility index (Phi) is 2.93. The first kappa shape index (κ1) is 10.2. The van der Waals surface area contributed by atoms with E-state index < -0.39 is 0 Å². The van der Waals surface area contributed by atoms with Gasteiger partial charge < -0.3 is 5.11 Å². The van der Waals surface area contributed by atoms with Crippen LogP contribution >= 0.6 is 15.9 Å². The van der Waals surface area contributed by atoms with Crippen LogP contribution in [0.1, 0.15) is 31.2 Å². The number of hydrogen-bond donors (Lipinski definition) is 1. The molecular formula is C12H15BrO. The van der Waals surface area contributed by atoms with Gasteiger partial charge in [0.25, 0.3) is 0 Å². The molecule has 1 aliphatic carbocycles. The largest absolute Gasteiger partial charge is 0.390 e. The van der Waals surface area contributed by atoms with E-state index in [2.05, 4.69) is 28.1 Å². The molecule has 0 saturated heterocycles. The van der Waals surface area contributed by atoms with E-state index in [0.29, 0.717) is 0 Å². The molecular weight excluding hydrogens is 240 g/mol. The fourth-order valence-electron chi connectivity index (χ4n) is 1.90. The molecule has 0 atom stereocenters. The maximum absolute atomic E-state index is 9.93. The molecule has 1 N–H and O–H groups in total. The average molecular weight is 255 g/mol. The van der Waals surface area contributed by atoms with Crippen molar-refractivity contribution in [2.24, 2.45) is 0 Å². The van der Waals surface area contributed by atoms with Crippen LogP contribution in [0.5, 0.6) is 0 Å². The van der Waals surface area contributed by atoms with E-state index in [1.165, 1.54) is 12.0 Å². The first-order valence-electron chi connectivity index (χ1n) is 5.15. The van der Waals surface area contributed by atoms with Gasteiger partial charge in [0.05, 0.1) is 5.60 Å². The number of halogens is 1. The second-order valence-corrected chi connectivity index (χ2v) is 5.12. The molecule has 0 radical (unpaired) electrons. The van der Waals surface area contributed by atoms with Crippen molar-refractivity contribution in [2.45, 2.75) is 37.7 Å². The molecule has 14 heavy (non-hydrogen) atoms. The molecule has 2 rings (SSSR count). The first-order valence-corrected chi connectivity index (χ1v) is 5.94. The first-order chi connectivity index (χ1) is 6.68. The summed E-state index contributed by atoms with van der Waals surface area (Å²) < 4.78 is 1.12. The highest BCUT2D eigenvalue weighted by Crippen LogP contribution is 2.35. The monoisotopic (exact) mass is 254 g/mol. The Balaban J connectivity index is 1.91. The highest BCUT2D eigenvalue weighted by molar-refractivity contribution is 9.10. The molecule has 0 unspecified atom stereocenters. The Labute approximate surface area is 93.3 Å². The normalized spacial score (nSPS) is 19.0. The van der Waals surface area contributed by atoms with Crippen molar-refractivity contribution >= 4 is 15.9 Å². The molecule has 76 valence electrons.